The van der Waals surface area contributed by atoms with Crippen LogP contribution in [0.4, 0.5) is 0 Å². The molecule has 6 unspecified atom stereocenters. The minimum Gasteiger partial charge on any atom is -0.469 e. The summed E-state index contributed by atoms with van der Waals surface area (Å²) >= 11 is 0. The van der Waals surface area contributed by atoms with E-state index in [2.05, 4.69) is 27.7 Å². The third-order valence-electron chi connectivity index (χ3n) is 11.7. The maximum atomic E-state index is 12.0. The highest BCUT2D eigenvalue weighted by Gasteiger charge is 2.65. The van der Waals surface area contributed by atoms with Gasteiger partial charge in [-0.15, -0.1) is 0 Å². The molecule has 5 heteroatoms. The van der Waals surface area contributed by atoms with Crippen LogP contribution >= 0.6 is 0 Å². The van der Waals surface area contributed by atoms with E-state index in [0.717, 1.165) is 32.1 Å². The first-order valence-electron chi connectivity index (χ1n) is 14.5. The lowest BCUT2D eigenvalue weighted by Crippen LogP contribution is -2.62. The number of fused-ring (bicyclic) bond motifs is 5. The number of hydrogen-bond acceptors (Lipinski definition) is 5. The molecule has 0 bridgehead atoms. The molecular formula is C30H50O5. The van der Waals surface area contributed by atoms with Crippen molar-refractivity contribution >= 4 is 11.9 Å². The Labute approximate surface area is 213 Å². The number of esters is 2. The zero-order valence-corrected chi connectivity index (χ0v) is 23.1. The van der Waals surface area contributed by atoms with Crippen molar-refractivity contribution < 1.29 is 24.2 Å². The normalized spacial score (nSPS) is 45.6. The number of aliphatic hydroxyl groups is 1. The van der Waals surface area contributed by atoms with E-state index < -0.39 is 0 Å². The number of ether oxygens (including phenoxy) is 2. The Kier molecular flexibility index (Phi) is 7.96. The fourth-order valence-corrected chi connectivity index (χ4v) is 9.94. The first-order valence-corrected chi connectivity index (χ1v) is 14.5. The van der Waals surface area contributed by atoms with Crippen molar-refractivity contribution in [1.82, 2.24) is 0 Å². The van der Waals surface area contributed by atoms with Crippen molar-refractivity contribution in [3.05, 3.63) is 0 Å². The van der Waals surface area contributed by atoms with Crippen molar-refractivity contribution in [2.45, 2.75) is 117 Å². The molecule has 0 aromatic carbocycles. The number of hydrogen-bond donors (Lipinski definition) is 1. The Morgan fingerprint density at radius 3 is 2.31 bits per heavy atom. The Balaban J connectivity index is 1.55. The standard InChI is InChI=1S/C30H50O5/c1-7-20-24-17-19(35-25(31)8-2)13-15-30(24,5)23-14-16-29(4)21(18(3)9-12-26(32)34-6)10-11-22(29)27(23)28(20)33/h18-24,27-28,33H,7-17H2,1-6H3/t18-,19-,20-,21?,22?,23?,24?,27?,28?,29-,30-/m1/s1. The topological polar surface area (TPSA) is 72.8 Å². The van der Waals surface area contributed by atoms with E-state index in [1.54, 1.807) is 0 Å². The predicted molar refractivity (Wildman–Crippen MR) is 136 cm³/mol. The second-order valence-electron chi connectivity index (χ2n) is 13.0. The molecule has 0 saturated heterocycles. The van der Waals surface area contributed by atoms with Crippen LogP contribution in [0, 0.1) is 52.3 Å². The lowest BCUT2D eigenvalue weighted by atomic mass is 9.41. The summed E-state index contributed by atoms with van der Waals surface area (Å²) in [6, 6.07) is 0. The van der Waals surface area contributed by atoms with Crippen molar-refractivity contribution in [2.75, 3.05) is 7.11 Å². The zero-order chi connectivity index (χ0) is 25.5. The van der Waals surface area contributed by atoms with Crippen LogP contribution < -0.4 is 0 Å². The molecule has 35 heavy (non-hydrogen) atoms. The molecule has 4 aliphatic rings. The molecule has 0 spiro atoms. The average molecular weight is 491 g/mol. The molecule has 200 valence electrons. The van der Waals surface area contributed by atoms with Crippen LogP contribution in [0.1, 0.15) is 105 Å². The molecule has 0 aliphatic heterocycles. The van der Waals surface area contributed by atoms with Gasteiger partial charge in [0.25, 0.3) is 0 Å². The summed E-state index contributed by atoms with van der Waals surface area (Å²) in [5, 5.41) is 12.0. The number of methoxy groups -OCH3 is 1. The summed E-state index contributed by atoms with van der Waals surface area (Å²) in [5.41, 5.74) is 0.461. The molecule has 0 radical (unpaired) electrons. The van der Waals surface area contributed by atoms with Crippen LogP contribution in [-0.4, -0.2) is 36.4 Å². The number of rotatable bonds is 7. The summed E-state index contributed by atoms with van der Waals surface area (Å²) in [7, 11) is 1.48. The van der Waals surface area contributed by atoms with E-state index in [4.69, 9.17) is 9.47 Å². The summed E-state index contributed by atoms with van der Waals surface area (Å²) in [4.78, 5) is 23.8. The van der Waals surface area contributed by atoms with Gasteiger partial charge in [-0.25, -0.2) is 0 Å². The van der Waals surface area contributed by atoms with Crippen LogP contribution in [0.5, 0.6) is 0 Å². The molecule has 4 rings (SSSR count). The average Bonchev–Trinajstić information content (AvgIpc) is 3.20. The van der Waals surface area contributed by atoms with E-state index in [0.29, 0.717) is 48.3 Å². The second kappa shape index (κ2) is 10.3. The highest BCUT2D eigenvalue weighted by molar-refractivity contribution is 5.69. The maximum Gasteiger partial charge on any atom is 0.305 e. The van der Waals surface area contributed by atoms with E-state index in [1.165, 1.54) is 32.8 Å². The van der Waals surface area contributed by atoms with E-state index in [9.17, 15) is 14.7 Å². The summed E-state index contributed by atoms with van der Waals surface area (Å²) in [6.07, 6.45) is 10.4. The van der Waals surface area contributed by atoms with Gasteiger partial charge in [0.05, 0.1) is 13.2 Å². The molecule has 0 heterocycles. The van der Waals surface area contributed by atoms with E-state index in [-0.39, 0.29) is 40.9 Å². The predicted octanol–water partition coefficient (Wildman–Crippen LogP) is 6.16. The van der Waals surface area contributed by atoms with Crippen LogP contribution in [0.15, 0.2) is 0 Å². The molecule has 4 saturated carbocycles. The second-order valence-corrected chi connectivity index (χ2v) is 13.0. The van der Waals surface area contributed by atoms with Gasteiger partial charge in [-0.1, -0.05) is 41.0 Å². The van der Waals surface area contributed by atoms with Gasteiger partial charge in [0.15, 0.2) is 0 Å². The van der Waals surface area contributed by atoms with Gasteiger partial charge in [-0.05, 0) is 104 Å². The van der Waals surface area contributed by atoms with Crippen LogP contribution in [0.3, 0.4) is 0 Å². The Hall–Kier alpha value is -1.10. The maximum absolute atomic E-state index is 12.0. The molecule has 0 aromatic rings. The van der Waals surface area contributed by atoms with Gasteiger partial charge in [0.2, 0.25) is 0 Å². The minimum atomic E-state index is -0.266. The lowest BCUT2D eigenvalue weighted by molar-refractivity contribution is -0.207. The van der Waals surface area contributed by atoms with Gasteiger partial charge in [0.1, 0.15) is 6.10 Å². The first kappa shape index (κ1) is 26.9. The summed E-state index contributed by atoms with van der Waals surface area (Å²) in [6.45, 7) is 11.4. The first-order chi connectivity index (χ1) is 16.6. The quantitative estimate of drug-likeness (QED) is 0.433. The molecule has 1 N–H and O–H groups in total. The fraction of sp³-hybridized carbons (Fsp3) is 0.933. The highest BCUT2D eigenvalue weighted by Crippen LogP contribution is 2.69. The zero-order valence-electron chi connectivity index (χ0n) is 23.1. The summed E-state index contributed by atoms with van der Waals surface area (Å²) < 4.78 is 10.7. The van der Waals surface area contributed by atoms with Crippen molar-refractivity contribution in [2.24, 2.45) is 52.3 Å². The fourth-order valence-electron chi connectivity index (χ4n) is 9.94. The van der Waals surface area contributed by atoms with Gasteiger partial charge < -0.3 is 14.6 Å². The Bertz CT molecular complexity index is 781. The molecule has 0 amide bonds. The van der Waals surface area contributed by atoms with E-state index >= 15 is 0 Å². The van der Waals surface area contributed by atoms with Gasteiger partial charge in [-0.2, -0.15) is 0 Å². The van der Waals surface area contributed by atoms with Crippen LogP contribution in [0.2, 0.25) is 0 Å². The molecule has 0 aromatic heterocycles. The van der Waals surface area contributed by atoms with Crippen molar-refractivity contribution in [3.63, 3.8) is 0 Å². The lowest BCUT2D eigenvalue weighted by Gasteiger charge is -2.64. The summed E-state index contributed by atoms with van der Waals surface area (Å²) in [5.74, 6) is 3.10. The number of carbonyl (C=O) groups is 2. The van der Waals surface area contributed by atoms with Gasteiger partial charge in [-0.3, -0.25) is 9.59 Å². The highest BCUT2D eigenvalue weighted by atomic mass is 16.5. The van der Waals surface area contributed by atoms with Crippen molar-refractivity contribution in [1.29, 1.82) is 0 Å². The van der Waals surface area contributed by atoms with Gasteiger partial charge in [0, 0.05) is 12.8 Å². The molecule has 11 atom stereocenters. The Morgan fingerprint density at radius 2 is 1.66 bits per heavy atom. The third-order valence-corrected chi connectivity index (χ3v) is 11.7. The van der Waals surface area contributed by atoms with Crippen molar-refractivity contribution in [3.8, 4) is 0 Å². The molecule has 5 nitrogen and oxygen atoms in total. The minimum absolute atomic E-state index is 0.0127. The van der Waals surface area contributed by atoms with Crippen LogP contribution in [-0.2, 0) is 19.1 Å². The third kappa shape index (κ3) is 4.57. The number of carbonyl (C=O) groups excluding carboxylic acids is 2. The SMILES string of the molecule is CCC(=O)O[C@@H]1CC[C@]2(C)C3CC[C@@]4(C)C(CCC4[C@H](C)CCC(=O)OC)C3C(O)[C@H](CC)C2C1. The van der Waals surface area contributed by atoms with Crippen LogP contribution in [0.25, 0.3) is 0 Å². The smallest absolute Gasteiger partial charge is 0.305 e. The number of aliphatic hydroxyl groups excluding tert-OH is 1. The molecule has 4 aliphatic carbocycles. The molecular weight excluding hydrogens is 440 g/mol. The Morgan fingerprint density at radius 1 is 0.971 bits per heavy atom. The largest absolute Gasteiger partial charge is 0.469 e. The van der Waals surface area contributed by atoms with E-state index in [1.807, 2.05) is 6.92 Å². The monoisotopic (exact) mass is 490 g/mol. The molecule has 4 fully saturated rings. The van der Waals surface area contributed by atoms with Gasteiger partial charge >= 0.3 is 11.9 Å².